The third-order valence-corrected chi connectivity index (χ3v) is 2.49. The molecular formula is C13H16O6. The molecule has 0 spiro atoms. The largest absolute Gasteiger partial charge is 0.504 e. The number of aliphatic carboxylic acids is 1. The summed E-state index contributed by atoms with van der Waals surface area (Å²) in [6.45, 7) is -0.510. The van der Waals surface area contributed by atoms with Crippen LogP contribution < -0.4 is 4.74 Å². The maximum absolute atomic E-state index is 11.0. The van der Waals surface area contributed by atoms with E-state index in [0.717, 1.165) is 0 Å². The van der Waals surface area contributed by atoms with Gasteiger partial charge in [-0.15, -0.1) is 0 Å². The summed E-state index contributed by atoms with van der Waals surface area (Å²) < 4.78 is 4.91. The summed E-state index contributed by atoms with van der Waals surface area (Å²) in [6.07, 6.45) is 0.0550. The van der Waals surface area contributed by atoms with Gasteiger partial charge in [-0.05, 0) is 23.8 Å². The van der Waals surface area contributed by atoms with Gasteiger partial charge in [0.1, 0.15) is 0 Å². The Labute approximate surface area is 110 Å². The Morgan fingerprint density at radius 3 is 2.68 bits per heavy atom. The fraction of sp³-hybridized carbons (Fsp3) is 0.308. The molecule has 1 atom stereocenters. The van der Waals surface area contributed by atoms with Crippen molar-refractivity contribution in [1.82, 2.24) is 0 Å². The highest BCUT2D eigenvalue weighted by molar-refractivity contribution is 5.92. The predicted molar refractivity (Wildman–Crippen MR) is 68.0 cm³/mol. The maximum atomic E-state index is 11.0. The second-order valence-corrected chi connectivity index (χ2v) is 3.95. The first-order chi connectivity index (χ1) is 8.97. The highest BCUT2D eigenvalue weighted by Crippen LogP contribution is 2.27. The molecule has 0 aliphatic carbocycles. The molecule has 0 aliphatic heterocycles. The summed E-state index contributed by atoms with van der Waals surface area (Å²) in [4.78, 5) is 11.0. The number of benzene rings is 1. The van der Waals surface area contributed by atoms with E-state index in [2.05, 4.69) is 0 Å². The maximum Gasteiger partial charge on any atom is 0.331 e. The molecule has 0 aliphatic rings. The van der Waals surface area contributed by atoms with Crippen molar-refractivity contribution in [2.45, 2.75) is 12.5 Å². The number of ether oxygens (including phenoxy) is 1. The van der Waals surface area contributed by atoms with Gasteiger partial charge in [-0.2, -0.15) is 0 Å². The van der Waals surface area contributed by atoms with Crippen molar-refractivity contribution in [1.29, 1.82) is 0 Å². The number of aliphatic hydroxyl groups excluding tert-OH is 2. The number of hydrogen-bond donors (Lipinski definition) is 4. The summed E-state index contributed by atoms with van der Waals surface area (Å²) in [6, 6.07) is 4.38. The number of carboxylic acids is 1. The molecule has 6 nitrogen and oxygen atoms in total. The molecule has 0 bridgehead atoms. The molecule has 6 heteroatoms. The minimum atomic E-state index is -1.18. The predicted octanol–water partition coefficient (Wildman–Crippen LogP) is 0.612. The number of rotatable bonds is 6. The Morgan fingerprint density at radius 2 is 2.16 bits per heavy atom. The van der Waals surface area contributed by atoms with Gasteiger partial charge >= 0.3 is 5.97 Å². The van der Waals surface area contributed by atoms with Crippen LogP contribution in [0.5, 0.6) is 11.5 Å². The van der Waals surface area contributed by atoms with E-state index in [4.69, 9.17) is 14.9 Å². The Balaban J connectivity index is 3.04. The molecule has 104 valence electrons. The van der Waals surface area contributed by atoms with Gasteiger partial charge < -0.3 is 25.2 Å². The van der Waals surface area contributed by atoms with Crippen molar-refractivity contribution < 1.29 is 30.0 Å². The Bertz CT molecular complexity index is 480. The molecule has 0 radical (unpaired) electrons. The van der Waals surface area contributed by atoms with E-state index in [1.54, 1.807) is 0 Å². The standard InChI is InChI=1S/C13H16O6/c1-19-12-5-8(2-3-11(12)16)4-9(13(17)18)6-10(15)7-14/h2-5,10,14-16H,6-7H2,1H3,(H,17,18). The van der Waals surface area contributed by atoms with E-state index in [0.29, 0.717) is 5.56 Å². The Hall–Kier alpha value is -2.05. The van der Waals surface area contributed by atoms with Gasteiger partial charge in [-0.25, -0.2) is 4.79 Å². The Morgan fingerprint density at radius 1 is 1.47 bits per heavy atom. The zero-order chi connectivity index (χ0) is 14.4. The van der Waals surface area contributed by atoms with Crippen LogP contribution in [-0.4, -0.2) is 46.2 Å². The normalized spacial score (nSPS) is 13.1. The van der Waals surface area contributed by atoms with Crippen molar-refractivity contribution in [2.24, 2.45) is 0 Å². The molecule has 0 fully saturated rings. The average molecular weight is 268 g/mol. The zero-order valence-corrected chi connectivity index (χ0v) is 10.4. The molecule has 1 aromatic carbocycles. The van der Waals surface area contributed by atoms with Crippen molar-refractivity contribution in [2.75, 3.05) is 13.7 Å². The zero-order valence-electron chi connectivity index (χ0n) is 10.4. The van der Waals surface area contributed by atoms with Crippen LogP contribution in [0.4, 0.5) is 0 Å². The fourth-order valence-electron chi connectivity index (χ4n) is 1.51. The molecule has 0 heterocycles. The number of phenolic OH excluding ortho intramolecular Hbond substituents is 1. The minimum absolute atomic E-state index is 0.0470. The first kappa shape index (κ1) is 15.0. The van der Waals surface area contributed by atoms with Crippen LogP contribution in [0.3, 0.4) is 0 Å². The number of aliphatic hydroxyl groups is 2. The van der Waals surface area contributed by atoms with Gasteiger partial charge in [-0.1, -0.05) is 6.07 Å². The molecule has 0 amide bonds. The number of aromatic hydroxyl groups is 1. The lowest BCUT2D eigenvalue weighted by Crippen LogP contribution is -2.16. The van der Waals surface area contributed by atoms with Crippen LogP contribution >= 0.6 is 0 Å². The number of carboxylic acid groups (broad SMARTS) is 1. The molecule has 0 aromatic heterocycles. The molecule has 4 N–H and O–H groups in total. The summed E-state index contributed by atoms with van der Waals surface area (Å²) in [7, 11) is 1.39. The van der Waals surface area contributed by atoms with Crippen molar-refractivity contribution in [3.05, 3.63) is 29.3 Å². The van der Waals surface area contributed by atoms with E-state index in [1.165, 1.54) is 31.4 Å². The number of phenols is 1. The van der Waals surface area contributed by atoms with Crippen LogP contribution in [0.25, 0.3) is 6.08 Å². The third-order valence-electron chi connectivity index (χ3n) is 2.49. The lowest BCUT2D eigenvalue weighted by Gasteiger charge is -2.08. The molecule has 1 aromatic rings. The first-order valence-electron chi connectivity index (χ1n) is 5.57. The van der Waals surface area contributed by atoms with E-state index in [9.17, 15) is 15.0 Å². The van der Waals surface area contributed by atoms with Crippen LogP contribution in [0.1, 0.15) is 12.0 Å². The van der Waals surface area contributed by atoms with Gasteiger partial charge in [0.25, 0.3) is 0 Å². The summed E-state index contributed by atoms with van der Waals surface area (Å²) >= 11 is 0. The van der Waals surface area contributed by atoms with Crippen molar-refractivity contribution in [3.63, 3.8) is 0 Å². The van der Waals surface area contributed by atoms with Gasteiger partial charge in [0, 0.05) is 12.0 Å². The lowest BCUT2D eigenvalue weighted by molar-refractivity contribution is -0.133. The van der Waals surface area contributed by atoms with Crippen molar-refractivity contribution >= 4 is 12.0 Å². The van der Waals surface area contributed by atoms with Crippen LogP contribution in [0.2, 0.25) is 0 Å². The van der Waals surface area contributed by atoms with Crippen molar-refractivity contribution in [3.8, 4) is 11.5 Å². The SMILES string of the molecule is COc1cc(C=C(CC(O)CO)C(=O)O)ccc1O. The number of hydrogen-bond acceptors (Lipinski definition) is 5. The molecule has 1 unspecified atom stereocenters. The quantitative estimate of drug-likeness (QED) is 0.563. The van der Waals surface area contributed by atoms with Gasteiger partial charge in [0.2, 0.25) is 0 Å². The highest BCUT2D eigenvalue weighted by atomic mass is 16.5. The fourth-order valence-corrected chi connectivity index (χ4v) is 1.51. The topological polar surface area (TPSA) is 107 Å². The highest BCUT2D eigenvalue weighted by Gasteiger charge is 2.13. The summed E-state index contributed by atoms with van der Waals surface area (Å²) in [5, 5.41) is 36.5. The molecule has 19 heavy (non-hydrogen) atoms. The lowest BCUT2D eigenvalue weighted by atomic mass is 10.0. The molecule has 1 rings (SSSR count). The third kappa shape index (κ3) is 4.27. The summed E-state index contributed by atoms with van der Waals surface area (Å²) in [5.74, 6) is -1.01. The monoisotopic (exact) mass is 268 g/mol. The van der Waals surface area contributed by atoms with Crippen LogP contribution in [0, 0.1) is 0 Å². The van der Waals surface area contributed by atoms with E-state index in [1.807, 2.05) is 0 Å². The van der Waals surface area contributed by atoms with Crippen LogP contribution in [-0.2, 0) is 4.79 Å². The van der Waals surface area contributed by atoms with E-state index < -0.39 is 18.7 Å². The minimum Gasteiger partial charge on any atom is -0.504 e. The van der Waals surface area contributed by atoms with E-state index in [-0.39, 0.29) is 23.5 Å². The van der Waals surface area contributed by atoms with Gasteiger partial charge in [0.05, 0.1) is 19.8 Å². The summed E-state index contributed by atoms with van der Waals surface area (Å²) in [5.41, 5.74) is 0.464. The Kier molecular flexibility index (Phi) is 5.35. The molecular weight excluding hydrogens is 252 g/mol. The van der Waals surface area contributed by atoms with Gasteiger partial charge in [-0.3, -0.25) is 0 Å². The second-order valence-electron chi connectivity index (χ2n) is 3.95. The molecule has 0 saturated heterocycles. The second kappa shape index (κ2) is 6.77. The average Bonchev–Trinajstić information content (AvgIpc) is 2.39. The van der Waals surface area contributed by atoms with E-state index >= 15 is 0 Å². The number of methoxy groups -OCH3 is 1. The number of carbonyl (C=O) groups is 1. The van der Waals surface area contributed by atoms with Gasteiger partial charge in [0.15, 0.2) is 11.5 Å². The first-order valence-corrected chi connectivity index (χ1v) is 5.57. The van der Waals surface area contributed by atoms with Crippen LogP contribution in [0.15, 0.2) is 23.8 Å². The molecule has 0 saturated carbocycles. The smallest absolute Gasteiger partial charge is 0.331 e.